The average Bonchev–Trinajstić information content (AvgIpc) is 0.833. The Kier molecular flexibility index (Phi) is 56.3. The van der Waals surface area contributed by atoms with Gasteiger partial charge >= 0.3 is 0 Å². The second kappa shape index (κ2) is 62.0. The topological polar surface area (TPSA) is 463 Å². The lowest BCUT2D eigenvalue weighted by Gasteiger charge is -2.40. The molecule has 17 unspecified atom stereocenters. The van der Waals surface area contributed by atoms with Crippen LogP contribution in [0.4, 0.5) is 0 Å². The van der Waals surface area contributed by atoms with E-state index < -0.39 is 123 Å². The van der Waals surface area contributed by atoms with Crippen molar-refractivity contribution in [2.24, 2.45) is 23.7 Å². The third kappa shape index (κ3) is 43.9. The number of carbonyl (C=O) groups is 8. The molecule has 0 aromatic heterocycles. The Balaban J connectivity index is 1.52. The monoisotopic (exact) mass is 1580 g/mol. The molecule has 3 aliphatic heterocycles. The molecule has 110 heavy (non-hydrogen) atoms. The fraction of sp³-hybridized carbons (Fsp3) is 0.872. The lowest BCUT2D eigenvalue weighted by Crippen LogP contribution is -2.55. The highest BCUT2D eigenvalue weighted by atomic mass is 16.7. The zero-order valence-corrected chi connectivity index (χ0v) is 65.4. The standard InChI is InChI=1S/C78H134N2O30/c1-5-58(84)26-18-34-98-42-44-100-46-47-101-45-43-99-38-29-63(89)48-57(52-102-39-28-61(87)22-10-6-8-20-59(85)24-12-15-35-105-76-54(2)70(92)73(95)64(49-81)108-76)67(104-41-30-62(88)23-11-7-9-21-60(86)25-13-16-36-106-77-55(3)71(93)74(96)65(50-82)109-77)53-103-40-31-69(91)80-33-19-32-79-68(90)27-14-17-37-107-78-56(4)72(94)75(97)66(51-83)110-78/h1,54-57,64-67,70-78,81-83,92-97H,6-53H2,2-4H3,(H,79,90)(H,80,91). The summed E-state index contributed by atoms with van der Waals surface area (Å²) in [6.07, 6.45) is 2.44. The van der Waals surface area contributed by atoms with Crippen LogP contribution in [0.15, 0.2) is 0 Å². The molecule has 3 saturated heterocycles. The molecule has 3 rings (SSSR count). The molecule has 2 amide bonds. The Labute approximate surface area is 649 Å². The van der Waals surface area contributed by atoms with Crippen LogP contribution < -0.4 is 10.6 Å². The van der Waals surface area contributed by atoms with Crippen LogP contribution >= 0.6 is 0 Å². The first kappa shape index (κ1) is 99.8. The molecule has 636 valence electrons. The van der Waals surface area contributed by atoms with Crippen LogP contribution in [0.2, 0.25) is 0 Å². The molecular formula is C78H134N2O30. The summed E-state index contributed by atoms with van der Waals surface area (Å²) < 4.78 is 74.9. The third-order valence-corrected chi connectivity index (χ3v) is 19.6. The number of rotatable bonds is 70. The molecule has 3 fully saturated rings. The van der Waals surface area contributed by atoms with E-state index in [4.69, 9.17) is 68.0 Å². The number of terminal acetylenes is 1. The number of aliphatic hydroxyl groups is 9. The van der Waals surface area contributed by atoms with Gasteiger partial charge in [-0.05, 0) is 83.0 Å². The minimum Gasteiger partial charge on any atom is -0.394 e. The summed E-state index contributed by atoms with van der Waals surface area (Å²) in [5, 5.41) is 95.3. The van der Waals surface area contributed by atoms with Crippen LogP contribution in [0.25, 0.3) is 0 Å². The van der Waals surface area contributed by atoms with Gasteiger partial charge in [0, 0.05) is 147 Å². The second-order valence-electron chi connectivity index (χ2n) is 28.7. The van der Waals surface area contributed by atoms with E-state index in [1.165, 1.54) is 0 Å². The molecule has 0 spiro atoms. The number of ketones is 6. The zero-order valence-electron chi connectivity index (χ0n) is 65.4. The van der Waals surface area contributed by atoms with Crippen LogP contribution in [0.3, 0.4) is 0 Å². The van der Waals surface area contributed by atoms with Crippen molar-refractivity contribution in [2.75, 3.05) is 139 Å². The van der Waals surface area contributed by atoms with Crippen molar-refractivity contribution in [1.82, 2.24) is 10.6 Å². The van der Waals surface area contributed by atoms with Gasteiger partial charge in [0.05, 0.1) is 124 Å². The zero-order chi connectivity index (χ0) is 80.7. The maximum atomic E-state index is 13.8. The predicted octanol–water partition coefficient (Wildman–Crippen LogP) is 2.18. The fourth-order valence-corrected chi connectivity index (χ4v) is 12.4. The molecule has 0 aliphatic carbocycles. The van der Waals surface area contributed by atoms with Gasteiger partial charge in [-0.25, -0.2) is 0 Å². The van der Waals surface area contributed by atoms with E-state index in [1.807, 2.05) is 0 Å². The summed E-state index contributed by atoms with van der Waals surface area (Å²) in [6, 6.07) is 0. The lowest BCUT2D eigenvalue weighted by atomic mass is 9.92. The smallest absolute Gasteiger partial charge is 0.222 e. The molecule has 11 N–H and O–H groups in total. The molecule has 0 aromatic rings. The summed E-state index contributed by atoms with van der Waals surface area (Å²) >= 11 is 0. The highest BCUT2D eigenvalue weighted by Gasteiger charge is 2.45. The van der Waals surface area contributed by atoms with Crippen LogP contribution in [-0.4, -0.2) is 311 Å². The molecule has 17 atom stereocenters. The van der Waals surface area contributed by atoms with E-state index in [2.05, 4.69) is 16.6 Å². The summed E-state index contributed by atoms with van der Waals surface area (Å²) in [6.45, 7) is 7.11. The van der Waals surface area contributed by atoms with Gasteiger partial charge in [0.2, 0.25) is 17.6 Å². The number of amides is 2. The lowest BCUT2D eigenvalue weighted by molar-refractivity contribution is -0.282. The van der Waals surface area contributed by atoms with Crippen molar-refractivity contribution in [1.29, 1.82) is 0 Å². The van der Waals surface area contributed by atoms with Gasteiger partial charge in [-0.3, -0.25) is 38.4 Å². The molecule has 3 heterocycles. The van der Waals surface area contributed by atoms with Gasteiger partial charge in [0.25, 0.3) is 0 Å². The van der Waals surface area contributed by atoms with E-state index in [0.29, 0.717) is 155 Å². The van der Waals surface area contributed by atoms with Crippen LogP contribution in [0.5, 0.6) is 0 Å². The van der Waals surface area contributed by atoms with Gasteiger partial charge < -0.3 is 118 Å². The Bertz CT molecular complexity index is 2540. The number of aliphatic hydroxyl groups excluding tert-OH is 9. The van der Waals surface area contributed by atoms with Crippen molar-refractivity contribution in [3.63, 3.8) is 0 Å². The van der Waals surface area contributed by atoms with E-state index in [9.17, 15) is 84.3 Å². The summed E-state index contributed by atoms with van der Waals surface area (Å²) in [5.41, 5.74) is 0. The number of Topliss-reactive ketones (excluding diaryl/α,β-unsaturated/α-hetero) is 6. The Morgan fingerprint density at radius 1 is 0.355 bits per heavy atom. The number of unbranched alkanes of at least 4 members (excludes halogenated alkanes) is 7. The summed E-state index contributed by atoms with van der Waals surface area (Å²) in [4.78, 5) is 102. The number of nitrogens with one attached hydrogen (secondary N) is 2. The van der Waals surface area contributed by atoms with Crippen LogP contribution in [0, 0.1) is 36.0 Å². The number of hydrogen-bond donors (Lipinski definition) is 11. The molecule has 0 aromatic carbocycles. The highest BCUT2D eigenvalue weighted by Crippen LogP contribution is 2.30. The minimum absolute atomic E-state index is 0.0222. The van der Waals surface area contributed by atoms with Crippen molar-refractivity contribution in [3.8, 4) is 12.3 Å². The molecule has 32 heteroatoms. The second-order valence-corrected chi connectivity index (χ2v) is 28.7. The fourth-order valence-electron chi connectivity index (χ4n) is 12.4. The van der Waals surface area contributed by atoms with Gasteiger partial charge in [0.15, 0.2) is 18.9 Å². The Morgan fingerprint density at radius 3 is 1.13 bits per heavy atom. The summed E-state index contributed by atoms with van der Waals surface area (Å²) in [7, 11) is 0. The highest BCUT2D eigenvalue weighted by molar-refractivity contribution is 5.94. The number of ether oxygens (including phenoxy) is 13. The van der Waals surface area contributed by atoms with E-state index in [-0.39, 0.29) is 184 Å². The normalized spacial score (nSPS) is 24.7. The van der Waals surface area contributed by atoms with E-state index >= 15 is 0 Å². The first-order chi connectivity index (χ1) is 53.0. The first-order valence-corrected chi connectivity index (χ1v) is 40.0. The molecule has 3 aliphatic rings. The van der Waals surface area contributed by atoms with Crippen LogP contribution in [-0.2, 0) is 99.9 Å². The van der Waals surface area contributed by atoms with Gasteiger partial charge in [0.1, 0.15) is 65.5 Å². The van der Waals surface area contributed by atoms with Crippen molar-refractivity contribution >= 4 is 46.5 Å². The maximum absolute atomic E-state index is 13.8. The quantitative estimate of drug-likeness (QED) is 0.0236. The Hall–Kier alpha value is -4.36. The molecule has 0 bridgehead atoms. The molecule has 0 radical (unpaired) electrons. The van der Waals surface area contributed by atoms with Gasteiger partial charge in [-0.2, -0.15) is 0 Å². The molecular weight excluding hydrogens is 1440 g/mol. The van der Waals surface area contributed by atoms with Crippen molar-refractivity contribution in [3.05, 3.63) is 0 Å². The first-order valence-electron chi connectivity index (χ1n) is 40.0. The SMILES string of the molecule is C#CC(=O)CCCOCCOCCOCCOCCC(=O)CC(COCCC(=O)CCCCCC(=O)CCCCOC1OC(CO)C(O)C(O)C1C)C(COCCC(=O)NCCCNC(=O)CCCCOC1OC(CO)C(O)C(O)C1C)OCCC(=O)CCCCCC(=O)CCCCOC1OC(CO)C(O)C(O)C1C. The summed E-state index contributed by atoms with van der Waals surface area (Å²) in [5.74, 6) is -0.982. The number of hydrogen-bond acceptors (Lipinski definition) is 30. The largest absolute Gasteiger partial charge is 0.394 e. The average molecular weight is 1580 g/mol. The van der Waals surface area contributed by atoms with Crippen LogP contribution in [0.1, 0.15) is 194 Å². The predicted molar refractivity (Wildman–Crippen MR) is 396 cm³/mol. The van der Waals surface area contributed by atoms with Crippen molar-refractivity contribution < 1.29 is 146 Å². The van der Waals surface area contributed by atoms with E-state index in [0.717, 1.165) is 0 Å². The Morgan fingerprint density at radius 2 is 0.700 bits per heavy atom. The van der Waals surface area contributed by atoms with E-state index in [1.54, 1.807) is 20.8 Å². The third-order valence-electron chi connectivity index (χ3n) is 19.6. The van der Waals surface area contributed by atoms with Crippen molar-refractivity contribution in [2.45, 2.75) is 274 Å². The molecule has 32 nitrogen and oxygen atoms in total. The maximum Gasteiger partial charge on any atom is 0.222 e. The van der Waals surface area contributed by atoms with Gasteiger partial charge in [-0.15, -0.1) is 6.42 Å². The molecule has 0 saturated carbocycles. The number of carbonyl (C=O) groups excluding carboxylic acids is 8. The minimum atomic E-state index is -1.23. The van der Waals surface area contributed by atoms with Gasteiger partial charge in [-0.1, -0.05) is 33.6 Å².